The molecule has 116 valence electrons. The molecule has 3 heteroatoms. The van der Waals surface area contributed by atoms with Crippen LogP contribution in [0.1, 0.15) is 71.6 Å². The monoisotopic (exact) mass is 280 g/mol. The molecular formula is C17H32N2O. The van der Waals surface area contributed by atoms with Crippen LogP contribution in [0.3, 0.4) is 0 Å². The SMILES string of the molecule is CCCC1CCCCN1C(=O)C(C)C1CCCC(N)C1. The van der Waals surface area contributed by atoms with Crippen LogP contribution >= 0.6 is 0 Å². The summed E-state index contributed by atoms with van der Waals surface area (Å²) in [5, 5.41) is 0. The fraction of sp³-hybridized carbons (Fsp3) is 0.941. The molecule has 4 unspecified atom stereocenters. The van der Waals surface area contributed by atoms with Crippen LogP contribution in [0.15, 0.2) is 0 Å². The highest BCUT2D eigenvalue weighted by atomic mass is 16.2. The van der Waals surface area contributed by atoms with E-state index in [1.807, 2.05) is 0 Å². The predicted octanol–water partition coefficient (Wildman–Crippen LogP) is 3.32. The average Bonchev–Trinajstić information content (AvgIpc) is 2.47. The maximum atomic E-state index is 12.9. The molecule has 2 N–H and O–H groups in total. The second kappa shape index (κ2) is 7.44. The van der Waals surface area contributed by atoms with E-state index in [9.17, 15) is 4.79 Å². The Morgan fingerprint density at radius 1 is 1.25 bits per heavy atom. The third kappa shape index (κ3) is 3.75. The van der Waals surface area contributed by atoms with Crippen molar-refractivity contribution in [1.82, 2.24) is 4.90 Å². The van der Waals surface area contributed by atoms with Crippen molar-refractivity contribution in [3.63, 3.8) is 0 Å². The second-order valence-corrected chi connectivity index (χ2v) is 6.95. The number of hydrogen-bond acceptors (Lipinski definition) is 2. The molecule has 2 aliphatic rings. The normalized spacial score (nSPS) is 33.0. The molecule has 0 spiro atoms. The molecule has 2 rings (SSSR count). The third-order valence-corrected chi connectivity index (χ3v) is 5.38. The van der Waals surface area contributed by atoms with Crippen LogP contribution in [0.5, 0.6) is 0 Å². The van der Waals surface area contributed by atoms with E-state index in [1.54, 1.807) is 0 Å². The summed E-state index contributed by atoms with van der Waals surface area (Å²) in [6, 6.07) is 0.817. The Balaban J connectivity index is 1.96. The summed E-state index contributed by atoms with van der Waals surface area (Å²) in [7, 11) is 0. The van der Waals surface area contributed by atoms with Crippen molar-refractivity contribution in [3.05, 3.63) is 0 Å². The number of likely N-dealkylation sites (tertiary alicyclic amines) is 1. The van der Waals surface area contributed by atoms with Crippen molar-refractivity contribution < 1.29 is 4.79 Å². The molecule has 0 aromatic rings. The number of amides is 1. The second-order valence-electron chi connectivity index (χ2n) is 6.95. The van der Waals surface area contributed by atoms with E-state index in [2.05, 4.69) is 18.7 Å². The molecule has 1 amide bonds. The van der Waals surface area contributed by atoms with Crippen molar-refractivity contribution in [1.29, 1.82) is 0 Å². The molecule has 20 heavy (non-hydrogen) atoms. The van der Waals surface area contributed by atoms with Gasteiger partial charge in [0.15, 0.2) is 0 Å². The molecule has 1 saturated heterocycles. The minimum Gasteiger partial charge on any atom is -0.339 e. The highest BCUT2D eigenvalue weighted by Crippen LogP contribution is 2.32. The molecule has 1 saturated carbocycles. The van der Waals surface area contributed by atoms with Crippen molar-refractivity contribution >= 4 is 5.91 Å². The summed E-state index contributed by atoms with van der Waals surface area (Å²) in [6.07, 6.45) is 10.6. The number of nitrogens with zero attached hydrogens (tertiary/aromatic N) is 1. The highest BCUT2D eigenvalue weighted by molar-refractivity contribution is 5.79. The maximum Gasteiger partial charge on any atom is 0.225 e. The summed E-state index contributed by atoms with van der Waals surface area (Å²) >= 11 is 0. The Morgan fingerprint density at radius 2 is 2.05 bits per heavy atom. The third-order valence-electron chi connectivity index (χ3n) is 5.38. The van der Waals surface area contributed by atoms with Crippen LogP contribution in [-0.4, -0.2) is 29.4 Å². The average molecular weight is 280 g/mol. The lowest BCUT2D eigenvalue weighted by atomic mass is 9.78. The molecule has 3 nitrogen and oxygen atoms in total. The summed E-state index contributed by atoms with van der Waals surface area (Å²) < 4.78 is 0. The molecule has 0 aromatic carbocycles. The van der Waals surface area contributed by atoms with Crippen LogP contribution < -0.4 is 5.73 Å². The largest absolute Gasteiger partial charge is 0.339 e. The van der Waals surface area contributed by atoms with Crippen LogP contribution in [0, 0.1) is 11.8 Å². The summed E-state index contributed by atoms with van der Waals surface area (Å²) in [5.74, 6) is 1.08. The lowest BCUT2D eigenvalue weighted by molar-refractivity contribution is -0.141. The highest BCUT2D eigenvalue weighted by Gasteiger charge is 2.34. The van der Waals surface area contributed by atoms with Gasteiger partial charge in [0, 0.05) is 24.5 Å². The van der Waals surface area contributed by atoms with Crippen LogP contribution in [-0.2, 0) is 4.79 Å². The molecule has 1 aliphatic carbocycles. The van der Waals surface area contributed by atoms with E-state index in [-0.39, 0.29) is 5.92 Å². The van der Waals surface area contributed by atoms with Gasteiger partial charge >= 0.3 is 0 Å². The predicted molar refractivity (Wildman–Crippen MR) is 83.4 cm³/mol. The molecule has 0 bridgehead atoms. The van der Waals surface area contributed by atoms with Crippen LogP contribution in [0.2, 0.25) is 0 Å². The smallest absolute Gasteiger partial charge is 0.225 e. The van der Waals surface area contributed by atoms with Gasteiger partial charge in [-0.2, -0.15) is 0 Å². The maximum absolute atomic E-state index is 12.9. The molecule has 4 atom stereocenters. The summed E-state index contributed by atoms with van der Waals surface area (Å²) in [5.41, 5.74) is 6.09. The van der Waals surface area contributed by atoms with Gasteiger partial charge < -0.3 is 10.6 Å². The minimum absolute atomic E-state index is 0.166. The number of hydrogen-bond donors (Lipinski definition) is 1. The first-order chi connectivity index (χ1) is 9.63. The van der Waals surface area contributed by atoms with Crippen LogP contribution in [0.4, 0.5) is 0 Å². The van der Waals surface area contributed by atoms with Gasteiger partial charge in [-0.05, 0) is 50.9 Å². The van der Waals surface area contributed by atoms with E-state index in [0.717, 1.165) is 19.4 Å². The Morgan fingerprint density at radius 3 is 2.75 bits per heavy atom. The zero-order valence-electron chi connectivity index (χ0n) is 13.3. The Labute approximate surface area is 124 Å². The van der Waals surface area contributed by atoms with E-state index in [0.29, 0.717) is 23.9 Å². The van der Waals surface area contributed by atoms with Crippen molar-refractivity contribution in [2.45, 2.75) is 83.7 Å². The van der Waals surface area contributed by atoms with Gasteiger partial charge in [0.05, 0.1) is 0 Å². The molecule has 1 aliphatic heterocycles. The van der Waals surface area contributed by atoms with Gasteiger partial charge in [0.25, 0.3) is 0 Å². The Bertz CT molecular complexity index is 316. The molecule has 0 radical (unpaired) electrons. The molecule has 0 aromatic heterocycles. The topological polar surface area (TPSA) is 46.3 Å². The number of rotatable bonds is 4. The number of carbonyl (C=O) groups is 1. The number of nitrogens with two attached hydrogens (primary N) is 1. The summed E-state index contributed by atoms with van der Waals surface area (Å²) in [6.45, 7) is 5.34. The van der Waals surface area contributed by atoms with Gasteiger partial charge in [-0.25, -0.2) is 0 Å². The van der Waals surface area contributed by atoms with E-state index in [4.69, 9.17) is 5.73 Å². The first-order valence-corrected chi connectivity index (χ1v) is 8.69. The van der Waals surface area contributed by atoms with Crippen molar-refractivity contribution in [3.8, 4) is 0 Å². The first kappa shape index (κ1) is 15.8. The number of carbonyl (C=O) groups excluding carboxylic acids is 1. The lowest BCUT2D eigenvalue weighted by Gasteiger charge is -2.40. The van der Waals surface area contributed by atoms with Gasteiger partial charge in [0.1, 0.15) is 0 Å². The molecule has 2 fully saturated rings. The van der Waals surface area contributed by atoms with Gasteiger partial charge in [0.2, 0.25) is 5.91 Å². The fourth-order valence-electron chi connectivity index (χ4n) is 4.11. The van der Waals surface area contributed by atoms with E-state index < -0.39 is 0 Å². The van der Waals surface area contributed by atoms with E-state index in [1.165, 1.54) is 44.9 Å². The zero-order chi connectivity index (χ0) is 14.5. The fourth-order valence-corrected chi connectivity index (χ4v) is 4.11. The minimum atomic E-state index is 0.166. The summed E-state index contributed by atoms with van der Waals surface area (Å²) in [4.78, 5) is 15.1. The van der Waals surface area contributed by atoms with Crippen molar-refractivity contribution in [2.24, 2.45) is 17.6 Å². The van der Waals surface area contributed by atoms with Gasteiger partial charge in [-0.1, -0.05) is 26.7 Å². The van der Waals surface area contributed by atoms with Crippen LogP contribution in [0.25, 0.3) is 0 Å². The lowest BCUT2D eigenvalue weighted by Crippen LogP contribution is -2.48. The van der Waals surface area contributed by atoms with Crippen molar-refractivity contribution in [2.75, 3.05) is 6.54 Å². The van der Waals surface area contributed by atoms with Gasteiger partial charge in [-0.3, -0.25) is 4.79 Å². The quantitative estimate of drug-likeness (QED) is 0.858. The van der Waals surface area contributed by atoms with E-state index >= 15 is 0 Å². The zero-order valence-corrected chi connectivity index (χ0v) is 13.3. The molecular weight excluding hydrogens is 248 g/mol. The van der Waals surface area contributed by atoms with Gasteiger partial charge in [-0.15, -0.1) is 0 Å². The molecule has 1 heterocycles. The first-order valence-electron chi connectivity index (χ1n) is 8.69. The Kier molecular flexibility index (Phi) is 5.88. The standard InChI is InChI=1S/C17H32N2O/c1-3-7-16-10-4-5-11-19(16)17(20)13(2)14-8-6-9-15(18)12-14/h13-16H,3-12,18H2,1-2H3. The Hall–Kier alpha value is -0.570. The number of piperidine rings is 1.